The van der Waals surface area contributed by atoms with Crippen LogP contribution in [0.15, 0.2) is 103 Å². The molecule has 4 rings (SSSR count). The van der Waals surface area contributed by atoms with Crippen LogP contribution in [-0.2, 0) is 11.3 Å². The summed E-state index contributed by atoms with van der Waals surface area (Å²) in [5.41, 5.74) is 6.33. The average Bonchev–Trinajstić information content (AvgIpc) is 2.89. The standard InChI is InChI=1S/C28H27NO4/c30-18-19-33-28-16-14-27(15-17-28)29(25-10-6-22(7-11-25)20-32-21-31)26-12-8-24(9-13-26)23-4-2-1-3-5-23/h1-17,30-31H,18-21H2. The Hall–Kier alpha value is -3.64. The highest BCUT2D eigenvalue weighted by Gasteiger charge is 2.13. The molecule has 4 aromatic carbocycles. The summed E-state index contributed by atoms with van der Waals surface area (Å²) in [6.45, 7) is 0.307. The van der Waals surface area contributed by atoms with Crippen molar-refractivity contribution in [1.29, 1.82) is 0 Å². The summed E-state index contributed by atoms with van der Waals surface area (Å²) in [4.78, 5) is 2.17. The van der Waals surface area contributed by atoms with Crippen LogP contribution in [0, 0.1) is 0 Å². The van der Waals surface area contributed by atoms with Gasteiger partial charge in [-0.1, -0.05) is 54.6 Å². The lowest BCUT2D eigenvalue weighted by Gasteiger charge is -2.26. The van der Waals surface area contributed by atoms with Gasteiger partial charge < -0.3 is 24.6 Å². The molecular formula is C28H27NO4. The highest BCUT2D eigenvalue weighted by atomic mass is 16.6. The molecule has 4 aromatic rings. The zero-order valence-corrected chi connectivity index (χ0v) is 18.3. The largest absolute Gasteiger partial charge is 0.491 e. The van der Waals surface area contributed by atoms with E-state index in [-0.39, 0.29) is 20.0 Å². The molecule has 0 aromatic heterocycles. The minimum atomic E-state index is -0.299. The smallest absolute Gasteiger partial charge is 0.144 e. The van der Waals surface area contributed by atoms with Crippen LogP contribution in [0.3, 0.4) is 0 Å². The molecule has 0 spiro atoms. The van der Waals surface area contributed by atoms with Gasteiger partial charge in [0.25, 0.3) is 0 Å². The second kappa shape index (κ2) is 11.3. The monoisotopic (exact) mass is 441 g/mol. The van der Waals surface area contributed by atoms with Gasteiger partial charge in [-0.05, 0) is 65.2 Å². The van der Waals surface area contributed by atoms with E-state index in [1.165, 1.54) is 5.56 Å². The zero-order chi connectivity index (χ0) is 22.9. The van der Waals surface area contributed by atoms with Gasteiger partial charge in [-0.15, -0.1) is 0 Å². The van der Waals surface area contributed by atoms with Gasteiger partial charge in [0.15, 0.2) is 0 Å². The first-order chi connectivity index (χ1) is 16.3. The molecule has 0 aliphatic carbocycles. The van der Waals surface area contributed by atoms with Gasteiger partial charge in [-0.25, -0.2) is 0 Å². The van der Waals surface area contributed by atoms with Gasteiger partial charge in [0.1, 0.15) is 19.1 Å². The van der Waals surface area contributed by atoms with Crippen molar-refractivity contribution in [2.45, 2.75) is 6.61 Å². The lowest BCUT2D eigenvalue weighted by atomic mass is 10.0. The Kier molecular flexibility index (Phi) is 7.72. The van der Waals surface area contributed by atoms with Crippen LogP contribution in [0.5, 0.6) is 5.75 Å². The predicted molar refractivity (Wildman–Crippen MR) is 131 cm³/mol. The molecule has 0 fully saturated rings. The van der Waals surface area contributed by atoms with Crippen LogP contribution in [0.25, 0.3) is 11.1 Å². The van der Waals surface area contributed by atoms with E-state index >= 15 is 0 Å². The van der Waals surface area contributed by atoms with E-state index in [0.29, 0.717) is 12.4 Å². The maximum atomic E-state index is 8.99. The zero-order valence-electron chi connectivity index (χ0n) is 18.3. The van der Waals surface area contributed by atoms with Crippen molar-refractivity contribution in [3.05, 3.63) is 109 Å². The maximum absolute atomic E-state index is 8.99. The summed E-state index contributed by atoms with van der Waals surface area (Å²) >= 11 is 0. The molecule has 0 amide bonds. The van der Waals surface area contributed by atoms with Gasteiger partial charge in [0, 0.05) is 17.1 Å². The molecule has 168 valence electrons. The normalized spacial score (nSPS) is 10.7. The van der Waals surface area contributed by atoms with Gasteiger partial charge in [-0.2, -0.15) is 0 Å². The molecular weight excluding hydrogens is 414 g/mol. The number of benzene rings is 4. The third kappa shape index (κ3) is 5.79. The van der Waals surface area contributed by atoms with Gasteiger partial charge >= 0.3 is 0 Å². The molecule has 0 aliphatic rings. The fourth-order valence-corrected chi connectivity index (χ4v) is 3.64. The fraction of sp³-hybridized carbons (Fsp3) is 0.143. The highest BCUT2D eigenvalue weighted by Crippen LogP contribution is 2.36. The predicted octanol–water partition coefficient (Wildman–Crippen LogP) is 5.66. The second-order valence-corrected chi connectivity index (χ2v) is 7.46. The van der Waals surface area contributed by atoms with E-state index in [9.17, 15) is 0 Å². The molecule has 0 atom stereocenters. The van der Waals surface area contributed by atoms with Crippen molar-refractivity contribution >= 4 is 17.1 Å². The molecule has 33 heavy (non-hydrogen) atoms. The number of aliphatic hydroxyl groups is 2. The first-order valence-corrected chi connectivity index (χ1v) is 10.9. The maximum Gasteiger partial charge on any atom is 0.144 e. The lowest BCUT2D eigenvalue weighted by Crippen LogP contribution is -2.10. The molecule has 2 N–H and O–H groups in total. The molecule has 5 nitrogen and oxygen atoms in total. The van der Waals surface area contributed by atoms with E-state index < -0.39 is 0 Å². The first kappa shape index (κ1) is 22.6. The lowest BCUT2D eigenvalue weighted by molar-refractivity contribution is -0.0112. The van der Waals surface area contributed by atoms with Crippen LogP contribution in [0.2, 0.25) is 0 Å². The molecule has 0 heterocycles. The van der Waals surface area contributed by atoms with Crippen molar-refractivity contribution in [1.82, 2.24) is 0 Å². The number of rotatable bonds is 10. The number of ether oxygens (including phenoxy) is 2. The highest BCUT2D eigenvalue weighted by molar-refractivity contribution is 5.78. The van der Waals surface area contributed by atoms with Crippen LogP contribution in [0.1, 0.15) is 5.56 Å². The van der Waals surface area contributed by atoms with E-state index in [4.69, 9.17) is 19.7 Å². The van der Waals surface area contributed by atoms with Crippen molar-refractivity contribution in [3.8, 4) is 16.9 Å². The van der Waals surface area contributed by atoms with Crippen LogP contribution < -0.4 is 9.64 Å². The summed E-state index contributed by atoms with van der Waals surface area (Å²) in [6.07, 6.45) is 0. The van der Waals surface area contributed by atoms with Crippen molar-refractivity contribution in [2.75, 3.05) is 24.9 Å². The molecule has 0 bridgehead atoms. The summed E-state index contributed by atoms with van der Waals surface area (Å²) in [7, 11) is 0. The molecule has 0 saturated carbocycles. The Morgan fingerprint density at radius 1 is 0.606 bits per heavy atom. The number of hydrogen-bond donors (Lipinski definition) is 2. The number of aliphatic hydroxyl groups excluding tert-OH is 2. The number of hydrogen-bond acceptors (Lipinski definition) is 5. The van der Waals surface area contributed by atoms with E-state index in [0.717, 1.165) is 28.2 Å². The van der Waals surface area contributed by atoms with E-state index in [2.05, 4.69) is 41.3 Å². The minimum Gasteiger partial charge on any atom is -0.491 e. The average molecular weight is 442 g/mol. The van der Waals surface area contributed by atoms with Crippen molar-refractivity contribution in [3.63, 3.8) is 0 Å². The molecule has 0 radical (unpaired) electrons. The summed E-state index contributed by atoms with van der Waals surface area (Å²) in [5.74, 6) is 0.712. The van der Waals surface area contributed by atoms with Crippen molar-refractivity contribution in [2.24, 2.45) is 0 Å². The third-order valence-electron chi connectivity index (χ3n) is 5.24. The second-order valence-electron chi connectivity index (χ2n) is 7.46. The van der Waals surface area contributed by atoms with Crippen LogP contribution in [0.4, 0.5) is 17.1 Å². The molecule has 5 heteroatoms. The Bertz CT molecular complexity index is 1060. The van der Waals surface area contributed by atoms with Gasteiger partial charge in [0.2, 0.25) is 0 Å². The molecule has 0 aliphatic heterocycles. The van der Waals surface area contributed by atoms with Crippen LogP contribution in [-0.4, -0.2) is 30.2 Å². The Morgan fingerprint density at radius 3 is 1.73 bits per heavy atom. The van der Waals surface area contributed by atoms with E-state index in [1.807, 2.05) is 66.7 Å². The number of anilines is 3. The Morgan fingerprint density at radius 2 is 1.15 bits per heavy atom. The van der Waals surface area contributed by atoms with E-state index in [1.54, 1.807) is 0 Å². The summed E-state index contributed by atoms with van der Waals surface area (Å²) in [6, 6.07) is 34.6. The quantitative estimate of drug-likeness (QED) is 0.311. The Labute approximate surface area is 194 Å². The van der Waals surface area contributed by atoms with Gasteiger partial charge in [0.05, 0.1) is 13.2 Å². The fourth-order valence-electron chi connectivity index (χ4n) is 3.64. The molecule has 0 unspecified atom stereocenters. The summed E-state index contributed by atoms with van der Waals surface area (Å²) < 4.78 is 10.6. The van der Waals surface area contributed by atoms with Crippen molar-refractivity contribution < 1.29 is 19.7 Å². The molecule has 0 saturated heterocycles. The Balaban J connectivity index is 1.66. The third-order valence-corrected chi connectivity index (χ3v) is 5.24. The van der Waals surface area contributed by atoms with Gasteiger partial charge in [-0.3, -0.25) is 0 Å². The summed E-state index contributed by atoms with van der Waals surface area (Å²) in [5, 5.41) is 17.9. The SMILES string of the molecule is OCCOc1ccc(N(c2ccc(COCO)cc2)c2ccc(-c3ccccc3)cc2)cc1. The first-order valence-electron chi connectivity index (χ1n) is 10.9. The minimum absolute atomic E-state index is 0.0199. The number of nitrogens with zero attached hydrogens (tertiary/aromatic N) is 1. The topological polar surface area (TPSA) is 62.2 Å². The van der Waals surface area contributed by atoms with Crippen LogP contribution >= 0.6 is 0 Å².